The summed E-state index contributed by atoms with van der Waals surface area (Å²) in [6.45, 7) is 0. The molecule has 0 atom stereocenters. The number of furan rings is 1. The molecule has 8 aromatic carbocycles. The average Bonchev–Trinajstić information content (AvgIpc) is 3.85. The molecule has 11 rings (SSSR count). The molecule has 0 amide bonds. The van der Waals surface area contributed by atoms with Gasteiger partial charge in [-0.15, -0.1) is 11.3 Å². The zero-order valence-corrected chi connectivity index (χ0v) is 31.0. The van der Waals surface area contributed by atoms with Crippen LogP contribution in [-0.2, 0) is 0 Å². The highest BCUT2D eigenvalue weighted by Gasteiger charge is 2.18. The Balaban J connectivity index is 1.15. The second-order valence-corrected chi connectivity index (χ2v) is 15.2. The Morgan fingerprint density at radius 1 is 0.339 bits per heavy atom. The van der Waals surface area contributed by atoms with Crippen molar-refractivity contribution in [2.75, 3.05) is 0 Å². The van der Waals surface area contributed by atoms with Crippen LogP contribution in [0.2, 0.25) is 0 Å². The molecule has 3 aromatic heterocycles. The minimum Gasteiger partial charge on any atom is -0.455 e. The van der Waals surface area contributed by atoms with E-state index in [4.69, 9.17) is 14.4 Å². The number of hydrogen-bond acceptors (Lipinski definition) is 4. The second-order valence-electron chi connectivity index (χ2n) is 14.2. The van der Waals surface area contributed by atoms with Crippen LogP contribution in [0.4, 0.5) is 0 Å². The van der Waals surface area contributed by atoms with E-state index in [0.29, 0.717) is 5.82 Å². The van der Waals surface area contributed by atoms with Gasteiger partial charge in [0.1, 0.15) is 11.2 Å². The number of fused-ring (bicyclic) bond motifs is 6. The molecule has 11 aromatic rings. The van der Waals surface area contributed by atoms with Crippen LogP contribution in [0.5, 0.6) is 0 Å². The smallest absolute Gasteiger partial charge is 0.160 e. The molecular formula is C52H32N2OS. The summed E-state index contributed by atoms with van der Waals surface area (Å²) in [5.41, 5.74) is 13.1. The molecule has 0 radical (unpaired) electrons. The van der Waals surface area contributed by atoms with Crippen LogP contribution in [0.15, 0.2) is 199 Å². The number of para-hydroxylation sites is 2. The molecule has 0 fully saturated rings. The van der Waals surface area contributed by atoms with Crippen molar-refractivity contribution in [1.29, 1.82) is 0 Å². The lowest BCUT2D eigenvalue weighted by molar-refractivity contribution is 0.670. The fraction of sp³-hybridized carbons (Fsp3) is 0. The molecule has 0 spiro atoms. The van der Waals surface area contributed by atoms with Crippen molar-refractivity contribution in [1.82, 2.24) is 9.97 Å². The van der Waals surface area contributed by atoms with Crippen LogP contribution in [-0.4, -0.2) is 9.97 Å². The van der Waals surface area contributed by atoms with E-state index in [1.807, 2.05) is 23.5 Å². The molecule has 3 nitrogen and oxygen atoms in total. The largest absolute Gasteiger partial charge is 0.455 e. The van der Waals surface area contributed by atoms with Crippen LogP contribution in [0.3, 0.4) is 0 Å². The Morgan fingerprint density at radius 2 is 0.929 bits per heavy atom. The lowest BCUT2D eigenvalue weighted by atomic mass is 9.93. The van der Waals surface area contributed by atoms with Crippen LogP contribution in [0.1, 0.15) is 0 Å². The van der Waals surface area contributed by atoms with Gasteiger partial charge in [0.25, 0.3) is 0 Å². The van der Waals surface area contributed by atoms with Crippen LogP contribution in [0, 0.1) is 0 Å². The van der Waals surface area contributed by atoms with Gasteiger partial charge in [0, 0.05) is 53.2 Å². The molecule has 0 saturated carbocycles. The fourth-order valence-electron chi connectivity index (χ4n) is 7.93. The van der Waals surface area contributed by atoms with E-state index >= 15 is 0 Å². The van der Waals surface area contributed by atoms with Crippen molar-refractivity contribution < 1.29 is 4.42 Å². The quantitative estimate of drug-likeness (QED) is 0.171. The van der Waals surface area contributed by atoms with Crippen LogP contribution >= 0.6 is 11.3 Å². The maximum atomic E-state index is 6.56. The normalized spacial score (nSPS) is 11.6. The van der Waals surface area contributed by atoms with Gasteiger partial charge in [-0.2, -0.15) is 0 Å². The van der Waals surface area contributed by atoms with Gasteiger partial charge in [-0.1, -0.05) is 133 Å². The molecule has 3 heterocycles. The summed E-state index contributed by atoms with van der Waals surface area (Å²) in [5.74, 6) is 0.686. The number of thiophene rings is 1. The SMILES string of the molecule is c1ccc(-c2cccc(-c3cc(-c4cc(-c5ccccc5)cc(-c5cccc6c5oc5ccccc56)c4)nc(-c4ccc5sc6ccccc6c5c4)n3)c2)cc1. The Labute approximate surface area is 327 Å². The Kier molecular flexibility index (Phi) is 7.68. The van der Waals surface area contributed by atoms with Gasteiger partial charge in [-0.25, -0.2) is 9.97 Å². The number of aromatic nitrogens is 2. The Morgan fingerprint density at radius 3 is 1.77 bits per heavy atom. The number of benzene rings is 8. The average molecular weight is 733 g/mol. The number of rotatable bonds is 6. The highest BCUT2D eigenvalue weighted by Crippen LogP contribution is 2.41. The molecule has 4 heteroatoms. The summed E-state index contributed by atoms with van der Waals surface area (Å²) in [4.78, 5) is 10.7. The zero-order valence-electron chi connectivity index (χ0n) is 30.2. The van der Waals surface area contributed by atoms with E-state index in [9.17, 15) is 0 Å². The third kappa shape index (κ3) is 5.67. The third-order valence-corrected chi connectivity index (χ3v) is 11.8. The van der Waals surface area contributed by atoms with E-state index in [-0.39, 0.29) is 0 Å². The van der Waals surface area contributed by atoms with E-state index < -0.39 is 0 Å². The standard InChI is InChI=1S/C52H32N2OS/c1-3-13-33(14-4-1)35-17-11-18-36(27-35)46-32-47(54-52(53-46)37-25-26-50-45(31-37)43-20-8-10-24-49(43)56-50)40-29-38(34-15-5-2-6-16-34)28-39(30-40)41-21-12-22-44-42-19-7-9-23-48(42)55-51(41)44/h1-32H. The Bertz CT molecular complexity index is 3250. The van der Waals surface area contributed by atoms with Gasteiger partial charge in [0.15, 0.2) is 5.82 Å². The topological polar surface area (TPSA) is 38.9 Å². The van der Waals surface area contributed by atoms with Crippen molar-refractivity contribution >= 4 is 53.4 Å². The monoisotopic (exact) mass is 732 g/mol. The molecule has 56 heavy (non-hydrogen) atoms. The predicted molar refractivity (Wildman–Crippen MR) is 235 cm³/mol. The lowest BCUT2D eigenvalue weighted by Crippen LogP contribution is -1.97. The van der Waals surface area contributed by atoms with Crippen molar-refractivity contribution in [2.24, 2.45) is 0 Å². The first kappa shape index (κ1) is 32.3. The summed E-state index contributed by atoms with van der Waals surface area (Å²) in [6.07, 6.45) is 0. The molecule has 262 valence electrons. The molecule has 0 aliphatic heterocycles. The molecule has 0 aliphatic carbocycles. The number of nitrogens with zero attached hydrogens (tertiary/aromatic N) is 2. The minimum atomic E-state index is 0.686. The van der Waals surface area contributed by atoms with Crippen molar-refractivity contribution in [2.45, 2.75) is 0 Å². The first-order chi connectivity index (χ1) is 27.7. The molecule has 0 saturated heterocycles. The van der Waals surface area contributed by atoms with Crippen LogP contribution < -0.4 is 0 Å². The summed E-state index contributed by atoms with van der Waals surface area (Å²) in [6, 6.07) is 68.6. The van der Waals surface area contributed by atoms with Gasteiger partial charge < -0.3 is 4.42 Å². The zero-order chi connectivity index (χ0) is 37.0. The summed E-state index contributed by atoms with van der Waals surface area (Å²) in [5, 5.41) is 4.69. The molecule has 0 unspecified atom stereocenters. The van der Waals surface area contributed by atoms with E-state index in [2.05, 4.69) is 182 Å². The summed E-state index contributed by atoms with van der Waals surface area (Å²) < 4.78 is 9.09. The molecule has 0 aliphatic rings. The fourth-order valence-corrected chi connectivity index (χ4v) is 9.02. The van der Waals surface area contributed by atoms with Crippen molar-refractivity contribution in [3.8, 4) is 67.3 Å². The number of hydrogen-bond donors (Lipinski definition) is 0. The third-order valence-electron chi connectivity index (χ3n) is 10.7. The predicted octanol–water partition coefficient (Wildman–Crippen LogP) is 14.7. The minimum absolute atomic E-state index is 0.686. The molecule has 0 N–H and O–H groups in total. The van der Waals surface area contributed by atoms with Gasteiger partial charge in [0.05, 0.1) is 11.4 Å². The molecular weight excluding hydrogens is 701 g/mol. The Hall–Kier alpha value is -7.14. The lowest BCUT2D eigenvalue weighted by Gasteiger charge is -2.14. The van der Waals surface area contributed by atoms with Gasteiger partial charge in [0.2, 0.25) is 0 Å². The first-order valence-electron chi connectivity index (χ1n) is 18.8. The summed E-state index contributed by atoms with van der Waals surface area (Å²) in [7, 11) is 0. The highest BCUT2D eigenvalue weighted by atomic mass is 32.1. The van der Waals surface area contributed by atoms with Gasteiger partial charge in [-0.3, -0.25) is 0 Å². The maximum absolute atomic E-state index is 6.56. The first-order valence-corrected chi connectivity index (χ1v) is 19.6. The van der Waals surface area contributed by atoms with Crippen LogP contribution in [0.25, 0.3) is 109 Å². The van der Waals surface area contributed by atoms with E-state index in [0.717, 1.165) is 77.8 Å². The second kappa shape index (κ2) is 13.3. The van der Waals surface area contributed by atoms with Crippen molar-refractivity contribution in [3.63, 3.8) is 0 Å². The van der Waals surface area contributed by atoms with E-state index in [1.165, 1.54) is 25.7 Å². The van der Waals surface area contributed by atoms with E-state index in [1.54, 1.807) is 0 Å². The van der Waals surface area contributed by atoms with Gasteiger partial charge in [-0.05, 0) is 88.5 Å². The molecule has 0 bridgehead atoms. The highest BCUT2D eigenvalue weighted by molar-refractivity contribution is 7.25. The maximum Gasteiger partial charge on any atom is 0.160 e. The summed E-state index contributed by atoms with van der Waals surface area (Å²) >= 11 is 1.82. The van der Waals surface area contributed by atoms with Gasteiger partial charge >= 0.3 is 0 Å². The van der Waals surface area contributed by atoms with Crippen molar-refractivity contribution in [3.05, 3.63) is 194 Å².